The normalized spacial score (nSPS) is 13.8. The van der Waals surface area contributed by atoms with E-state index in [1.54, 1.807) is 39.2 Å². The second kappa shape index (κ2) is 8.23. The molecule has 2 aromatic carbocycles. The van der Waals surface area contributed by atoms with E-state index in [0.717, 1.165) is 11.6 Å². The summed E-state index contributed by atoms with van der Waals surface area (Å²) in [5, 5.41) is 6.43. The maximum Gasteiger partial charge on any atom is 0.257 e. The Labute approximate surface area is 190 Å². The molecule has 172 valence electrons. The van der Waals surface area contributed by atoms with Crippen molar-refractivity contribution in [3.05, 3.63) is 64.7 Å². The van der Waals surface area contributed by atoms with Gasteiger partial charge in [-0.1, -0.05) is 5.16 Å². The van der Waals surface area contributed by atoms with Gasteiger partial charge >= 0.3 is 0 Å². The number of carbonyl (C=O) groups excluding carboxylic acids is 2. The molecule has 0 radical (unpaired) electrons. The number of amides is 2. The lowest BCUT2D eigenvalue weighted by atomic mass is 9.99. The standard InChI is InChI=1S/C24H24FN3O5/c1-13-8-21(27-33-13)26-22(29)14-9-19(17-12-24(2,3)32-20(17)10-14)31-15-6-7-16(18(25)11-15)23(30)28(4)5/h6-11H,12H2,1-5H3,(H,26,27,29). The van der Waals surface area contributed by atoms with Crippen molar-refractivity contribution in [2.24, 2.45) is 0 Å². The summed E-state index contributed by atoms with van der Waals surface area (Å²) in [5.74, 6) is 0.342. The smallest absolute Gasteiger partial charge is 0.257 e. The minimum Gasteiger partial charge on any atom is -0.487 e. The van der Waals surface area contributed by atoms with Crippen molar-refractivity contribution in [3.8, 4) is 17.2 Å². The zero-order valence-electron chi connectivity index (χ0n) is 19.0. The van der Waals surface area contributed by atoms with Crippen molar-refractivity contribution in [3.63, 3.8) is 0 Å². The van der Waals surface area contributed by atoms with E-state index in [1.807, 2.05) is 13.8 Å². The van der Waals surface area contributed by atoms with Crippen LogP contribution in [0.25, 0.3) is 0 Å². The molecule has 0 aliphatic carbocycles. The molecule has 0 spiro atoms. The average Bonchev–Trinajstić information content (AvgIpc) is 3.28. The summed E-state index contributed by atoms with van der Waals surface area (Å²) in [6, 6.07) is 8.84. The van der Waals surface area contributed by atoms with Crippen LogP contribution in [0.1, 0.15) is 45.9 Å². The highest BCUT2D eigenvalue weighted by atomic mass is 19.1. The third kappa shape index (κ3) is 4.67. The number of aryl methyl sites for hydroxylation is 1. The Morgan fingerprint density at radius 2 is 1.94 bits per heavy atom. The largest absolute Gasteiger partial charge is 0.487 e. The van der Waals surface area contributed by atoms with Crippen molar-refractivity contribution < 1.29 is 28.0 Å². The number of benzene rings is 2. The third-order valence-corrected chi connectivity index (χ3v) is 5.09. The highest BCUT2D eigenvalue weighted by Crippen LogP contribution is 2.43. The molecule has 2 heterocycles. The fourth-order valence-corrected chi connectivity index (χ4v) is 3.58. The van der Waals surface area contributed by atoms with Crippen molar-refractivity contribution >= 4 is 17.6 Å². The van der Waals surface area contributed by atoms with Gasteiger partial charge in [-0.2, -0.15) is 0 Å². The Bertz CT molecular complexity index is 1250. The lowest BCUT2D eigenvalue weighted by Crippen LogP contribution is -2.24. The van der Waals surface area contributed by atoms with Crippen molar-refractivity contribution in [2.75, 3.05) is 19.4 Å². The van der Waals surface area contributed by atoms with Crippen LogP contribution in [0.4, 0.5) is 10.2 Å². The first-order valence-electron chi connectivity index (χ1n) is 10.3. The number of halogens is 1. The van der Waals surface area contributed by atoms with Crippen molar-refractivity contribution in [1.29, 1.82) is 0 Å². The monoisotopic (exact) mass is 453 g/mol. The summed E-state index contributed by atoms with van der Waals surface area (Å²) in [6.45, 7) is 5.57. The van der Waals surface area contributed by atoms with Gasteiger partial charge in [-0.15, -0.1) is 0 Å². The molecular formula is C24H24FN3O5. The molecule has 4 rings (SSSR count). The van der Waals surface area contributed by atoms with Crippen molar-refractivity contribution in [1.82, 2.24) is 10.1 Å². The number of anilines is 1. The van der Waals surface area contributed by atoms with Crippen LogP contribution in [-0.2, 0) is 6.42 Å². The summed E-state index contributed by atoms with van der Waals surface area (Å²) in [6.07, 6.45) is 0.543. The van der Waals surface area contributed by atoms with Crippen LogP contribution in [0.15, 0.2) is 40.9 Å². The maximum absolute atomic E-state index is 14.6. The Kier molecular flexibility index (Phi) is 5.57. The molecule has 8 nitrogen and oxygen atoms in total. The van der Waals surface area contributed by atoms with Gasteiger partial charge in [0.25, 0.3) is 11.8 Å². The number of aromatic nitrogens is 1. The van der Waals surface area contributed by atoms with Crippen LogP contribution in [-0.4, -0.2) is 41.6 Å². The van der Waals surface area contributed by atoms with E-state index in [4.69, 9.17) is 14.0 Å². The summed E-state index contributed by atoms with van der Waals surface area (Å²) in [5.41, 5.74) is 0.495. The number of hydrogen-bond donors (Lipinski definition) is 1. The third-order valence-electron chi connectivity index (χ3n) is 5.09. The van der Waals surface area contributed by atoms with Crippen molar-refractivity contribution in [2.45, 2.75) is 32.8 Å². The number of nitrogens with one attached hydrogen (secondary N) is 1. The maximum atomic E-state index is 14.6. The van der Waals surface area contributed by atoms with E-state index in [1.165, 1.54) is 17.0 Å². The molecule has 2 amide bonds. The van der Waals surface area contributed by atoms with Crippen LogP contribution in [0, 0.1) is 12.7 Å². The summed E-state index contributed by atoms with van der Waals surface area (Å²) in [4.78, 5) is 26.2. The van der Waals surface area contributed by atoms with E-state index in [-0.39, 0.29) is 22.7 Å². The average molecular weight is 453 g/mol. The van der Waals surface area contributed by atoms with Gasteiger partial charge in [-0.05, 0) is 45.0 Å². The van der Waals surface area contributed by atoms with Gasteiger partial charge in [0.15, 0.2) is 5.82 Å². The van der Waals surface area contributed by atoms with Crippen LogP contribution in [0.3, 0.4) is 0 Å². The second-order valence-electron chi connectivity index (χ2n) is 8.71. The van der Waals surface area contributed by atoms with E-state index in [0.29, 0.717) is 23.7 Å². The van der Waals surface area contributed by atoms with Gasteiger partial charge in [0.05, 0.1) is 5.56 Å². The molecule has 0 atom stereocenters. The van der Waals surface area contributed by atoms with Gasteiger partial charge in [-0.25, -0.2) is 4.39 Å². The summed E-state index contributed by atoms with van der Waals surface area (Å²) in [7, 11) is 3.10. The summed E-state index contributed by atoms with van der Waals surface area (Å²) >= 11 is 0. The predicted molar refractivity (Wildman–Crippen MR) is 119 cm³/mol. The number of rotatable bonds is 5. The van der Waals surface area contributed by atoms with Gasteiger partial charge in [0.2, 0.25) is 0 Å². The second-order valence-corrected chi connectivity index (χ2v) is 8.71. The number of fused-ring (bicyclic) bond motifs is 1. The van der Waals surface area contributed by atoms with E-state index >= 15 is 0 Å². The highest BCUT2D eigenvalue weighted by molar-refractivity contribution is 6.04. The Balaban J connectivity index is 1.67. The SMILES string of the molecule is Cc1cc(NC(=O)c2cc(Oc3ccc(C(=O)N(C)C)c(F)c3)c3c(c2)OC(C)(C)C3)no1. The molecule has 0 saturated heterocycles. The molecule has 0 fully saturated rings. The van der Waals surface area contributed by atoms with Gasteiger partial charge in [0, 0.05) is 43.8 Å². The molecule has 1 aliphatic rings. The first-order chi connectivity index (χ1) is 15.5. The molecule has 3 aromatic rings. The lowest BCUT2D eigenvalue weighted by Gasteiger charge is -2.16. The molecule has 33 heavy (non-hydrogen) atoms. The quantitative estimate of drug-likeness (QED) is 0.608. The molecule has 9 heteroatoms. The van der Waals surface area contributed by atoms with Crippen LogP contribution >= 0.6 is 0 Å². The van der Waals surface area contributed by atoms with Gasteiger partial charge in [-0.3, -0.25) is 9.59 Å². The fourth-order valence-electron chi connectivity index (χ4n) is 3.58. The molecule has 0 unspecified atom stereocenters. The number of nitrogens with zero attached hydrogens (tertiary/aromatic N) is 2. The van der Waals surface area contributed by atoms with E-state index in [9.17, 15) is 14.0 Å². The van der Waals surface area contributed by atoms with Gasteiger partial charge < -0.3 is 24.2 Å². The number of hydrogen-bond acceptors (Lipinski definition) is 6. The minimum absolute atomic E-state index is 0.0573. The van der Waals surface area contributed by atoms with Crippen LogP contribution in [0.5, 0.6) is 17.2 Å². The number of carbonyl (C=O) groups is 2. The topological polar surface area (TPSA) is 93.9 Å². The first kappa shape index (κ1) is 22.3. The van der Waals surface area contributed by atoms with Crippen LogP contribution in [0.2, 0.25) is 0 Å². The van der Waals surface area contributed by atoms with Gasteiger partial charge in [0.1, 0.15) is 34.4 Å². The lowest BCUT2D eigenvalue weighted by molar-refractivity contribution is 0.0822. The highest BCUT2D eigenvalue weighted by Gasteiger charge is 2.34. The molecule has 1 aromatic heterocycles. The molecule has 1 aliphatic heterocycles. The number of ether oxygens (including phenoxy) is 2. The molecule has 1 N–H and O–H groups in total. The first-order valence-corrected chi connectivity index (χ1v) is 10.3. The molecule has 0 bridgehead atoms. The van der Waals surface area contributed by atoms with E-state index in [2.05, 4.69) is 10.5 Å². The minimum atomic E-state index is -0.699. The summed E-state index contributed by atoms with van der Waals surface area (Å²) < 4.78 is 31.5. The molecule has 0 saturated carbocycles. The van der Waals surface area contributed by atoms with Crippen LogP contribution < -0.4 is 14.8 Å². The Morgan fingerprint density at radius 1 is 1.18 bits per heavy atom. The van der Waals surface area contributed by atoms with E-state index < -0.39 is 23.2 Å². The fraction of sp³-hybridized carbons (Fsp3) is 0.292. The Hall–Kier alpha value is -3.88. The Morgan fingerprint density at radius 3 is 2.58 bits per heavy atom. The zero-order valence-corrected chi connectivity index (χ0v) is 19.0. The zero-order chi connectivity index (χ0) is 23.9. The molecular weight excluding hydrogens is 429 g/mol. The predicted octanol–water partition coefficient (Wildman–Crippen LogP) is 4.58.